The van der Waals surface area contributed by atoms with Crippen LogP contribution in [-0.2, 0) is 0 Å². The van der Waals surface area contributed by atoms with E-state index in [4.69, 9.17) is 0 Å². The van der Waals surface area contributed by atoms with Gasteiger partial charge in [0.15, 0.2) is 0 Å². The summed E-state index contributed by atoms with van der Waals surface area (Å²) in [5, 5.41) is 37.6. The van der Waals surface area contributed by atoms with Crippen LogP contribution in [0.15, 0.2) is 11.1 Å². The highest BCUT2D eigenvalue weighted by molar-refractivity contribution is 5.26. The summed E-state index contributed by atoms with van der Waals surface area (Å²) < 4.78 is 0. The van der Waals surface area contributed by atoms with Crippen molar-refractivity contribution in [2.45, 2.75) is 52.1 Å². The van der Waals surface area contributed by atoms with Crippen molar-refractivity contribution < 1.29 is 20.4 Å². The van der Waals surface area contributed by atoms with Gasteiger partial charge in [-0.15, -0.1) is 0 Å². The van der Waals surface area contributed by atoms with Crippen LogP contribution in [-0.4, -0.2) is 44.8 Å². The van der Waals surface area contributed by atoms with E-state index < -0.39 is 24.4 Å². The molecule has 0 aliphatic carbocycles. The average molecular weight is 204 g/mol. The van der Waals surface area contributed by atoms with Crippen molar-refractivity contribution in [3.8, 4) is 0 Å². The fourth-order valence-corrected chi connectivity index (χ4v) is 1.66. The Labute approximate surface area is 84.5 Å². The minimum atomic E-state index is -0.880. The summed E-state index contributed by atoms with van der Waals surface area (Å²) >= 11 is 0. The van der Waals surface area contributed by atoms with E-state index in [1.807, 2.05) is 0 Å². The predicted molar refractivity (Wildman–Crippen MR) is 53.7 cm³/mol. The number of aliphatic hydroxyl groups excluding tert-OH is 4. The van der Waals surface area contributed by atoms with Crippen LogP contribution in [0.4, 0.5) is 0 Å². The van der Waals surface area contributed by atoms with Crippen LogP contribution in [0.25, 0.3) is 0 Å². The van der Waals surface area contributed by atoms with Gasteiger partial charge in [0.2, 0.25) is 0 Å². The summed E-state index contributed by atoms with van der Waals surface area (Å²) in [6, 6.07) is 0. The zero-order chi connectivity index (χ0) is 11.5. The smallest absolute Gasteiger partial charge is 0.0751 e. The first-order chi connectivity index (χ1) is 6.29. The molecule has 0 spiro atoms. The number of rotatable bonds is 4. The van der Waals surface area contributed by atoms with Gasteiger partial charge in [-0.2, -0.15) is 0 Å². The molecule has 0 aromatic rings. The molecule has 0 amide bonds. The second-order valence-electron chi connectivity index (χ2n) is 3.61. The molecule has 4 atom stereocenters. The summed E-state index contributed by atoms with van der Waals surface area (Å²) in [5.41, 5.74) is 0.574. The van der Waals surface area contributed by atoms with Crippen LogP contribution < -0.4 is 0 Å². The molecule has 14 heavy (non-hydrogen) atoms. The maximum absolute atomic E-state index is 9.41. The highest BCUT2D eigenvalue weighted by Gasteiger charge is 2.23. The van der Waals surface area contributed by atoms with Crippen molar-refractivity contribution in [3.05, 3.63) is 11.1 Å². The van der Waals surface area contributed by atoms with E-state index in [9.17, 15) is 20.4 Å². The molecule has 0 aliphatic heterocycles. The lowest BCUT2D eigenvalue weighted by Gasteiger charge is -2.24. The first-order valence-electron chi connectivity index (χ1n) is 4.75. The van der Waals surface area contributed by atoms with Gasteiger partial charge >= 0.3 is 0 Å². The van der Waals surface area contributed by atoms with E-state index in [2.05, 4.69) is 0 Å². The summed E-state index contributed by atoms with van der Waals surface area (Å²) in [4.78, 5) is 0. The molecular formula is C10H20O4. The predicted octanol–water partition coefficient (Wildman–Crippen LogP) is -0.194. The molecular weight excluding hydrogens is 184 g/mol. The van der Waals surface area contributed by atoms with Gasteiger partial charge in [0.25, 0.3) is 0 Å². The summed E-state index contributed by atoms with van der Waals surface area (Å²) in [7, 11) is 0. The number of aliphatic hydroxyl groups is 4. The van der Waals surface area contributed by atoms with Gasteiger partial charge in [-0.1, -0.05) is 0 Å². The van der Waals surface area contributed by atoms with Gasteiger partial charge < -0.3 is 20.4 Å². The third-order valence-corrected chi connectivity index (χ3v) is 2.13. The number of hydrogen-bond donors (Lipinski definition) is 4. The fourth-order valence-electron chi connectivity index (χ4n) is 1.66. The Bertz CT molecular complexity index is 162. The maximum atomic E-state index is 9.41. The molecule has 0 rings (SSSR count). The lowest BCUT2D eigenvalue weighted by molar-refractivity contribution is 0.128. The van der Waals surface area contributed by atoms with Crippen molar-refractivity contribution >= 4 is 0 Å². The summed E-state index contributed by atoms with van der Waals surface area (Å²) in [6.45, 7) is 5.97. The van der Waals surface area contributed by atoms with Crippen LogP contribution in [0.3, 0.4) is 0 Å². The third-order valence-electron chi connectivity index (χ3n) is 2.13. The average Bonchev–Trinajstić information content (AvgIpc) is 1.96. The first-order valence-corrected chi connectivity index (χ1v) is 4.75. The minimum absolute atomic E-state index is 0.287. The maximum Gasteiger partial charge on any atom is 0.0751 e. The third kappa shape index (κ3) is 3.38. The highest BCUT2D eigenvalue weighted by atomic mass is 16.3. The van der Waals surface area contributed by atoms with E-state index in [-0.39, 0.29) is 11.1 Å². The molecule has 0 heterocycles. The fraction of sp³-hybridized carbons (Fsp3) is 0.800. The van der Waals surface area contributed by atoms with Gasteiger partial charge in [0.05, 0.1) is 24.4 Å². The molecule has 4 heteroatoms. The monoisotopic (exact) mass is 204 g/mol. The van der Waals surface area contributed by atoms with Gasteiger partial charge in [-0.05, 0) is 38.8 Å². The molecule has 4 N–H and O–H groups in total. The van der Waals surface area contributed by atoms with E-state index in [0.717, 1.165) is 0 Å². The molecule has 4 nitrogen and oxygen atoms in total. The summed E-state index contributed by atoms with van der Waals surface area (Å²) in [5.74, 6) is 0. The Hall–Kier alpha value is -0.420. The molecule has 0 saturated heterocycles. The molecule has 0 radical (unpaired) electrons. The van der Waals surface area contributed by atoms with Gasteiger partial charge in [-0.3, -0.25) is 0 Å². The van der Waals surface area contributed by atoms with Crippen LogP contribution in [0.5, 0.6) is 0 Å². The Kier molecular flexibility index (Phi) is 5.29. The minimum Gasteiger partial charge on any atom is -0.389 e. The van der Waals surface area contributed by atoms with Crippen LogP contribution in [0.2, 0.25) is 0 Å². The van der Waals surface area contributed by atoms with E-state index >= 15 is 0 Å². The Morgan fingerprint density at radius 1 is 0.571 bits per heavy atom. The topological polar surface area (TPSA) is 80.9 Å². The largest absolute Gasteiger partial charge is 0.389 e. The molecule has 0 bridgehead atoms. The Morgan fingerprint density at radius 2 is 0.714 bits per heavy atom. The summed E-state index contributed by atoms with van der Waals surface area (Å²) in [6.07, 6.45) is -3.52. The molecule has 4 unspecified atom stereocenters. The van der Waals surface area contributed by atoms with Crippen LogP contribution >= 0.6 is 0 Å². The zero-order valence-electron chi connectivity index (χ0n) is 9.10. The van der Waals surface area contributed by atoms with Crippen LogP contribution in [0.1, 0.15) is 27.7 Å². The molecule has 0 aliphatic rings. The highest BCUT2D eigenvalue weighted by Crippen LogP contribution is 2.20. The molecule has 0 saturated carbocycles. The molecule has 0 fully saturated rings. The first kappa shape index (κ1) is 13.6. The Balaban J connectivity index is 5.27. The van der Waals surface area contributed by atoms with Crippen molar-refractivity contribution in [2.75, 3.05) is 0 Å². The van der Waals surface area contributed by atoms with Gasteiger partial charge in [0.1, 0.15) is 0 Å². The quantitative estimate of drug-likeness (QED) is 0.478. The van der Waals surface area contributed by atoms with E-state index in [1.165, 1.54) is 27.7 Å². The zero-order valence-corrected chi connectivity index (χ0v) is 9.10. The van der Waals surface area contributed by atoms with Crippen molar-refractivity contribution in [2.24, 2.45) is 0 Å². The lowest BCUT2D eigenvalue weighted by Crippen LogP contribution is -2.28. The molecule has 0 aromatic heterocycles. The van der Waals surface area contributed by atoms with E-state index in [1.54, 1.807) is 0 Å². The molecule has 0 aromatic carbocycles. The second-order valence-corrected chi connectivity index (χ2v) is 3.61. The van der Waals surface area contributed by atoms with E-state index in [0.29, 0.717) is 0 Å². The SMILES string of the molecule is CC(O)C(=C(C(C)O)C(C)O)C(C)O. The lowest BCUT2D eigenvalue weighted by atomic mass is 9.92. The Morgan fingerprint density at radius 3 is 0.786 bits per heavy atom. The molecule has 84 valence electrons. The van der Waals surface area contributed by atoms with Gasteiger partial charge in [0, 0.05) is 0 Å². The normalized spacial score (nSPS) is 19.7. The number of hydrogen-bond acceptors (Lipinski definition) is 4. The van der Waals surface area contributed by atoms with Gasteiger partial charge in [-0.25, -0.2) is 0 Å². The van der Waals surface area contributed by atoms with Crippen molar-refractivity contribution in [3.63, 3.8) is 0 Å². The van der Waals surface area contributed by atoms with Crippen LogP contribution in [0, 0.1) is 0 Å². The standard InChI is InChI=1S/C10H20O4/c1-5(11)9(6(2)12)10(7(3)13)8(4)14/h5-8,11-14H,1-4H3. The second kappa shape index (κ2) is 5.46. The van der Waals surface area contributed by atoms with Crippen molar-refractivity contribution in [1.82, 2.24) is 0 Å². The van der Waals surface area contributed by atoms with Crippen molar-refractivity contribution in [1.29, 1.82) is 0 Å².